The van der Waals surface area contributed by atoms with Crippen LogP contribution in [0.4, 0.5) is 4.39 Å². The summed E-state index contributed by atoms with van der Waals surface area (Å²) in [5.41, 5.74) is 5.10. The Morgan fingerprint density at radius 1 is 1.55 bits per heavy atom. The third-order valence-corrected chi connectivity index (χ3v) is 1.73. The van der Waals surface area contributed by atoms with Crippen molar-refractivity contribution in [2.45, 2.75) is 4.90 Å². The van der Waals surface area contributed by atoms with E-state index in [1.807, 2.05) is 0 Å². The molecule has 3 N–H and O–H groups in total. The van der Waals surface area contributed by atoms with Gasteiger partial charge in [0.05, 0.1) is 0 Å². The van der Waals surface area contributed by atoms with E-state index in [9.17, 15) is 4.39 Å². The number of thioether (sulfide) groups is 1. The first-order valence-corrected chi connectivity index (χ1v) is 3.77. The van der Waals surface area contributed by atoms with E-state index in [0.717, 1.165) is 11.8 Å². The van der Waals surface area contributed by atoms with E-state index in [2.05, 4.69) is 0 Å². The van der Waals surface area contributed by atoms with Gasteiger partial charge in [0.25, 0.3) is 0 Å². The average Bonchev–Trinajstić information content (AvgIpc) is 1.85. The van der Waals surface area contributed by atoms with Gasteiger partial charge in [0, 0.05) is 4.90 Å². The van der Waals surface area contributed by atoms with Crippen molar-refractivity contribution in [2.75, 3.05) is 0 Å². The molecule has 0 aromatic heterocycles. The molecule has 0 aliphatic rings. The first-order chi connectivity index (χ1) is 5.18. The van der Waals surface area contributed by atoms with E-state index in [-0.39, 0.29) is 11.0 Å². The molecule has 1 rings (SSSR count). The molecule has 0 saturated heterocycles. The Bertz CT molecular complexity index is 275. The summed E-state index contributed by atoms with van der Waals surface area (Å²) in [5, 5.41) is 6.89. The fraction of sp³-hybridized carbons (Fsp3) is 0. The highest BCUT2D eigenvalue weighted by molar-refractivity contribution is 8.13. The van der Waals surface area contributed by atoms with Crippen LogP contribution in [0, 0.1) is 11.2 Å². The smallest absolute Gasteiger partial charge is 0.155 e. The van der Waals surface area contributed by atoms with E-state index < -0.39 is 0 Å². The van der Waals surface area contributed by atoms with Crippen molar-refractivity contribution >= 4 is 16.9 Å². The maximum absolute atomic E-state index is 12.5. The SMILES string of the molecule is N=C(N)Sc1cccc(F)c1. The number of rotatable bonds is 1. The van der Waals surface area contributed by atoms with E-state index in [1.54, 1.807) is 12.1 Å². The van der Waals surface area contributed by atoms with Gasteiger partial charge >= 0.3 is 0 Å². The van der Waals surface area contributed by atoms with Crippen LogP contribution >= 0.6 is 11.8 Å². The van der Waals surface area contributed by atoms with Crippen LogP contribution in [-0.2, 0) is 0 Å². The summed E-state index contributed by atoms with van der Waals surface area (Å²) in [6.07, 6.45) is 0. The predicted molar refractivity (Wildman–Crippen MR) is 44.2 cm³/mol. The molecule has 0 unspecified atom stereocenters. The van der Waals surface area contributed by atoms with Crippen LogP contribution < -0.4 is 5.73 Å². The first-order valence-electron chi connectivity index (χ1n) is 2.96. The Balaban J connectivity index is 2.79. The molecule has 4 heteroatoms. The summed E-state index contributed by atoms with van der Waals surface area (Å²) in [6.45, 7) is 0. The van der Waals surface area contributed by atoms with Crippen LogP contribution in [0.15, 0.2) is 29.2 Å². The molecular weight excluding hydrogens is 163 g/mol. The predicted octanol–water partition coefficient (Wildman–Crippen LogP) is 1.81. The van der Waals surface area contributed by atoms with Crippen molar-refractivity contribution in [3.8, 4) is 0 Å². The van der Waals surface area contributed by atoms with Gasteiger partial charge in [-0.05, 0) is 18.2 Å². The number of amidine groups is 1. The van der Waals surface area contributed by atoms with Crippen molar-refractivity contribution in [1.29, 1.82) is 5.41 Å². The molecule has 0 spiro atoms. The van der Waals surface area contributed by atoms with Crippen molar-refractivity contribution in [2.24, 2.45) is 5.73 Å². The standard InChI is InChI=1S/C7H7FN2S/c8-5-2-1-3-6(4-5)11-7(9)10/h1-4H,(H3,9,10). The minimum Gasteiger partial charge on any atom is -0.378 e. The third-order valence-electron chi connectivity index (χ3n) is 1.02. The van der Waals surface area contributed by atoms with Gasteiger partial charge < -0.3 is 5.73 Å². The molecule has 0 radical (unpaired) electrons. The number of benzene rings is 1. The van der Waals surface area contributed by atoms with Gasteiger partial charge in [0.15, 0.2) is 5.17 Å². The number of hydrogen-bond acceptors (Lipinski definition) is 2. The zero-order valence-corrected chi connectivity index (χ0v) is 6.49. The van der Waals surface area contributed by atoms with E-state index in [0.29, 0.717) is 4.90 Å². The quantitative estimate of drug-likeness (QED) is 0.383. The van der Waals surface area contributed by atoms with Crippen molar-refractivity contribution in [3.05, 3.63) is 30.1 Å². The monoisotopic (exact) mass is 170 g/mol. The molecule has 58 valence electrons. The Kier molecular flexibility index (Phi) is 2.48. The highest BCUT2D eigenvalue weighted by Gasteiger charge is 1.96. The Morgan fingerprint density at radius 2 is 2.27 bits per heavy atom. The van der Waals surface area contributed by atoms with E-state index in [4.69, 9.17) is 11.1 Å². The summed E-state index contributed by atoms with van der Waals surface area (Å²) in [6, 6.07) is 5.98. The number of nitrogens with two attached hydrogens (primary N) is 1. The van der Waals surface area contributed by atoms with E-state index >= 15 is 0 Å². The molecule has 0 bridgehead atoms. The Labute approximate surface area is 68.1 Å². The lowest BCUT2D eigenvalue weighted by Gasteiger charge is -1.96. The van der Waals surface area contributed by atoms with E-state index in [1.165, 1.54) is 12.1 Å². The fourth-order valence-corrected chi connectivity index (χ4v) is 1.23. The summed E-state index contributed by atoms with van der Waals surface area (Å²) in [4.78, 5) is 0.650. The van der Waals surface area contributed by atoms with Crippen LogP contribution in [0.2, 0.25) is 0 Å². The highest BCUT2D eigenvalue weighted by atomic mass is 32.2. The average molecular weight is 170 g/mol. The second-order valence-corrected chi connectivity index (χ2v) is 3.04. The first kappa shape index (κ1) is 8.07. The van der Waals surface area contributed by atoms with Crippen LogP contribution in [-0.4, -0.2) is 5.17 Å². The summed E-state index contributed by atoms with van der Waals surface area (Å²) in [7, 11) is 0. The largest absolute Gasteiger partial charge is 0.378 e. The summed E-state index contributed by atoms with van der Waals surface area (Å²) < 4.78 is 12.5. The molecule has 0 heterocycles. The molecule has 1 aromatic rings. The van der Waals surface area contributed by atoms with Crippen LogP contribution in [0.3, 0.4) is 0 Å². The zero-order chi connectivity index (χ0) is 8.27. The molecule has 0 atom stereocenters. The number of hydrogen-bond donors (Lipinski definition) is 2. The second-order valence-electron chi connectivity index (χ2n) is 1.92. The summed E-state index contributed by atoms with van der Waals surface area (Å²) >= 11 is 1.03. The normalized spacial score (nSPS) is 9.55. The van der Waals surface area contributed by atoms with Gasteiger partial charge in [0.1, 0.15) is 5.82 Å². The van der Waals surface area contributed by atoms with Gasteiger partial charge in [-0.2, -0.15) is 0 Å². The molecule has 0 fully saturated rings. The zero-order valence-electron chi connectivity index (χ0n) is 5.67. The summed E-state index contributed by atoms with van der Waals surface area (Å²) in [5.74, 6) is -0.309. The number of halogens is 1. The molecular formula is C7H7FN2S. The Morgan fingerprint density at radius 3 is 2.82 bits per heavy atom. The highest BCUT2D eigenvalue weighted by Crippen LogP contribution is 2.17. The van der Waals surface area contributed by atoms with Crippen molar-refractivity contribution in [3.63, 3.8) is 0 Å². The molecule has 11 heavy (non-hydrogen) atoms. The second kappa shape index (κ2) is 3.39. The maximum atomic E-state index is 12.5. The van der Waals surface area contributed by atoms with Gasteiger partial charge in [-0.1, -0.05) is 17.8 Å². The minimum absolute atomic E-state index is 0.0319. The number of nitrogens with one attached hydrogen (secondary N) is 1. The van der Waals surface area contributed by atoms with Gasteiger partial charge in [0.2, 0.25) is 0 Å². The molecule has 0 saturated carbocycles. The molecule has 0 aliphatic carbocycles. The lowest BCUT2D eigenvalue weighted by molar-refractivity contribution is 0.624. The van der Waals surface area contributed by atoms with Crippen molar-refractivity contribution in [1.82, 2.24) is 0 Å². The molecule has 2 nitrogen and oxygen atoms in total. The molecule has 1 aromatic carbocycles. The van der Waals surface area contributed by atoms with Crippen LogP contribution in [0.1, 0.15) is 0 Å². The molecule has 0 aliphatic heterocycles. The van der Waals surface area contributed by atoms with Gasteiger partial charge in [-0.25, -0.2) is 4.39 Å². The van der Waals surface area contributed by atoms with Crippen LogP contribution in [0.5, 0.6) is 0 Å². The third kappa shape index (κ3) is 2.59. The van der Waals surface area contributed by atoms with Gasteiger partial charge in [-0.3, -0.25) is 5.41 Å². The lowest BCUT2D eigenvalue weighted by atomic mass is 10.4. The molecule has 0 amide bonds. The van der Waals surface area contributed by atoms with Crippen molar-refractivity contribution < 1.29 is 4.39 Å². The topological polar surface area (TPSA) is 49.9 Å². The minimum atomic E-state index is -0.309. The van der Waals surface area contributed by atoms with Gasteiger partial charge in [-0.15, -0.1) is 0 Å². The van der Waals surface area contributed by atoms with Crippen LogP contribution in [0.25, 0.3) is 0 Å². The lowest BCUT2D eigenvalue weighted by Crippen LogP contribution is -2.02. The fourth-order valence-electron chi connectivity index (χ4n) is 0.657. The maximum Gasteiger partial charge on any atom is 0.155 e. The Hall–Kier alpha value is -1.03.